The fourth-order valence-corrected chi connectivity index (χ4v) is 1.61. The second-order valence-electron chi connectivity index (χ2n) is 4.21. The Balaban J connectivity index is 2.55. The Morgan fingerprint density at radius 2 is 2.22 bits per heavy atom. The molecular formula is C13H21N3O2. The van der Waals surface area contributed by atoms with Crippen molar-refractivity contribution in [3.63, 3.8) is 0 Å². The molecule has 0 aromatic heterocycles. The average Bonchev–Trinajstić information content (AvgIpc) is 2.33. The maximum Gasteiger partial charge on any atom is 0.238 e. The van der Waals surface area contributed by atoms with Gasteiger partial charge in [-0.25, -0.2) is 0 Å². The molecule has 0 saturated heterocycles. The smallest absolute Gasteiger partial charge is 0.238 e. The number of aryl methyl sites for hydroxylation is 1. The number of nitrogen functional groups attached to an aromatic ring is 1. The number of carbonyl (C=O) groups is 1. The van der Waals surface area contributed by atoms with E-state index in [1.165, 1.54) is 0 Å². The molecule has 0 fully saturated rings. The number of nitrogens with two attached hydrogens (primary N) is 1. The van der Waals surface area contributed by atoms with Gasteiger partial charge in [0.2, 0.25) is 5.91 Å². The summed E-state index contributed by atoms with van der Waals surface area (Å²) in [6, 6.07) is 5.44. The van der Waals surface area contributed by atoms with Crippen LogP contribution in [0.2, 0.25) is 0 Å². The summed E-state index contributed by atoms with van der Waals surface area (Å²) in [6.07, 6.45) is 0. The van der Waals surface area contributed by atoms with E-state index in [4.69, 9.17) is 10.8 Å². The molecule has 0 saturated carbocycles. The van der Waals surface area contributed by atoms with Crippen LogP contribution in [0, 0.1) is 6.92 Å². The standard InChI is InChI=1S/C13H21N3O2/c1-3-16(6-7-17)9-13(18)15-11-5-4-10(2)12(14)8-11/h4-5,8,17H,3,6-7,9,14H2,1-2H3,(H,15,18). The molecule has 0 aliphatic heterocycles. The normalized spacial score (nSPS) is 10.7. The van der Waals surface area contributed by atoms with Gasteiger partial charge in [-0.3, -0.25) is 9.69 Å². The minimum atomic E-state index is -0.103. The van der Waals surface area contributed by atoms with Gasteiger partial charge < -0.3 is 16.2 Å². The molecular weight excluding hydrogens is 230 g/mol. The van der Waals surface area contributed by atoms with Crippen LogP contribution in [0.3, 0.4) is 0 Å². The molecule has 5 nitrogen and oxygen atoms in total. The molecule has 0 unspecified atom stereocenters. The molecule has 1 amide bonds. The van der Waals surface area contributed by atoms with Gasteiger partial charge in [-0.1, -0.05) is 13.0 Å². The SMILES string of the molecule is CCN(CCO)CC(=O)Nc1ccc(C)c(N)c1. The minimum absolute atomic E-state index is 0.0542. The highest BCUT2D eigenvalue weighted by Crippen LogP contribution is 2.16. The number of anilines is 2. The Hall–Kier alpha value is -1.59. The van der Waals surface area contributed by atoms with Crippen molar-refractivity contribution < 1.29 is 9.90 Å². The zero-order chi connectivity index (χ0) is 13.5. The molecule has 0 aliphatic rings. The Labute approximate surface area is 108 Å². The van der Waals surface area contributed by atoms with Gasteiger partial charge in [-0.05, 0) is 31.2 Å². The maximum atomic E-state index is 11.8. The molecule has 0 aliphatic carbocycles. The summed E-state index contributed by atoms with van der Waals surface area (Å²) in [5.41, 5.74) is 8.13. The molecule has 1 aromatic rings. The molecule has 4 N–H and O–H groups in total. The lowest BCUT2D eigenvalue weighted by Gasteiger charge is -2.18. The third-order valence-corrected chi connectivity index (χ3v) is 2.79. The topological polar surface area (TPSA) is 78.6 Å². The lowest BCUT2D eigenvalue weighted by atomic mass is 10.2. The van der Waals surface area contributed by atoms with Crippen LogP contribution in [0.4, 0.5) is 11.4 Å². The second kappa shape index (κ2) is 6.98. The average molecular weight is 251 g/mol. The number of amides is 1. The maximum absolute atomic E-state index is 11.8. The quantitative estimate of drug-likeness (QED) is 0.654. The minimum Gasteiger partial charge on any atom is -0.398 e. The summed E-state index contributed by atoms with van der Waals surface area (Å²) >= 11 is 0. The van der Waals surface area contributed by atoms with Crippen LogP contribution in [0.15, 0.2) is 18.2 Å². The molecule has 5 heteroatoms. The van der Waals surface area contributed by atoms with Crippen LogP contribution in [-0.2, 0) is 4.79 Å². The van der Waals surface area contributed by atoms with Crippen molar-refractivity contribution in [3.8, 4) is 0 Å². The van der Waals surface area contributed by atoms with Gasteiger partial charge in [0, 0.05) is 17.9 Å². The number of aliphatic hydroxyl groups is 1. The summed E-state index contributed by atoms with van der Waals surface area (Å²) in [5.74, 6) is -0.103. The Kier molecular flexibility index (Phi) is 5.61. The van der Waals surface area contributed by atoms with E-state index in [1.807, 2.05) is 30.9 Å². The van der Waals surface area contributed by atoms with Crippen LogP contribution < -0.4 is 11.1 Å². The van der Waals surface area contributed by atoms with Crippen LogP contribution in [0.25, 0.3) is 0 Å². The van der Waals surface area contributed by atoms with E-state index in [9.17, 15) is 4.79 Å². The van der Waals surface area contributed by atoms with E-state index in [1.54, 1.807) is 6.07 Å². The predicted molar refractivity (Wildman–Crippen MR) is 73.4 cm³/mol. The number of nitrogens with one attached hydrogen (secondary N) is 1. The van der Waals surface area contributed by atoms with Crippen molar-refractivity contribution >= 4 is 17.3 Å². The Bertz CT molecular complexity index is 407. The second-order valence-corrected chi connectivity index (χ2v) is 4.21. The number of likely N-dealkylation sites (N-methyl/N-ethyl adjacent to an activating group) is 1. The van der Waals surface area contributed by atoms with Crippen molar-refractivity contribution in [1.29, 1.82) is 0 Å². The summed E-state index contributed by atoms with van der Waals surface area (Å²) in [4.78, 5) is 13.6. The van der Waals surface area contributed by atoms with E-state index < -0.39 is 0 Å². The summed E-state index contributed by atoms with van der Waals surface area (Å²) < 4.78 is 0. The van der Waals surface area contributed by atoms with Crippen molar-refractivity contribution in [2.24, 2.45) is 0 Å². The van der Waals surface area contributed by atoms with Crippen molar-refractivity contribution in [2.75, 3.05) is 37.3 Å². The number of carbonyl (C=O) groups excluding carboxylic acids is 1. The van der Waals surface area contributed by atoms with Gasteiger partial charge in [0.05, 0.1) is 13.2 Å². The first kappa shape index (κ1) is 14.5. The largest absolute Gasteiger partial charge is 0.398 e. The summed E-state index contributed by atoms with van der Waals surface area (Å²) in [5, 5.41) is 11.6. The third kappa shape index (κ3) is 4.35. The van der Waals surface area contributed by atoms with Gasteiger partial charge in [0.15, 0.2) is 0 Å². The first-order valence-electron chi connectivity index (χ1n) is 6.06. The van der Waals surface area contributed by atoms with Crippen molar-refractivity contribution in [2.45, 2.75) is 13.8 Å². The number of benzene rings is 1. The van der Waals surface area contributed by atoms with Crippen LogP contribution >= 0.6 is 0 Å². The molecule has 1 rings (SSSR count). The molecule has 0 bridgehead atoms. The fraction of sp³-hybridized carbons (Fsp3) is 0.462. The summed E-state index contributed by atoms with van der Waals surface area (Å²) in [6.45, 7) is 5.42. The number of hydrogen-bond donors (Lipinski definition) is 3. The highest BCUT2D eigenvalue weighted by atomic mass is 16.3. The van der Waals surface area contributed by atoms with Crippen LogP contribution in [0.5, 0.6) is 0 Å². The zero-order valence-corrected chi connectivity index (χ0v) is 10.9. The van der Waals surface area contributed by atoms with Crippen molar-refractivity contribution in [1.82, 2.24) is 4.90 Å². The van der Waals surface area contributed by atoms with E-state index in [0.29, 0.717) is 17.9 Å². The Morgan fingerprint density at radius 3 is 2.78 bits per heavy atom. The molecule has 0 radical (unpaired) electrons. The lowest BCUT2D eigenvalue weighted by molar-refractivity contribution is -0.117. The van der Waals surface area contributed by atoms with E-state index in [0.717, 1.165) is 12.1 Å². The number of hydrogen-bond acceptors (Lipinski definition) is 4. The predicted octanol–water partition coefficient (Wildman–Crippen LogP) is 0.830. The molecule has 100 valence electrons. The first-order valence-corrected chi connectivity index (χ1v) is 6.06. The Morgan fingerprint density at radius 1 is 1.50 bits per heavy atom. The molecule has 1 aromatic carbocycles. The molecule has 18 heavy (non-hydrogen) atoms. The molecule has 0 spiro atoms. The van der Waals surface area contributed by atoms with Gasteiger partial charge in [0.25, 0.3) is 0 Å². The third-order valence-electron chi connectivity index (χ3n) is 2.79. The zero-order valence-electron chi connectivity index (χ0n) is 10.9. The van der Waals surface area contributed by atoms with Gasteiger partial charge in [-0.2, -0.15) is 0 Å². The van der Waals surface area contributed by atoms with Crippen LogP contribution in [-0.4, -0.2) is 42.2 Å². The van der Waals surface area contributed by atoms with Crippen molar-refractivity contribution in [3.05, 3.63) is 23.8 Å². The van der Waals surface area contributed by atoms with Gasteiger partial charge >= 0.3 is 0 Å². The van der Waals surface area contributed by atoms with Gasteiger partial charge in [0.1, 0.15) is 0 Å². The highest BCUT2D eigenvalue weighted by Gasteiger charge is 2.09. The molecule has 0 atom stereocenters. The van der Waals surface area contributed by atoms with E-state index in [2.05, 4.69) is 5.32 Å². The number of nitrogens with zero attached hydrogens (tertiary/aromatic N) is 1. The van der Waals surface area contributed by atoms with Gasteiger partial charge in [-0.15, -0.1) is 0 Å². The summed E-state index contributed by atoms with van der Waals surface area (Å²) in [7, 11) is 0. The van der Waals surface area contributed by atoms with E-state index >= 15 is 0 Å². The molecule has 0 heterocycles. The first-order chi connectivity index (χ1) is 8.56. The monoisotopic (exact) mass is 251 g/mol. The number of aliphatic hydroxyl groups excluding tert-OH is 1. The van der Waals surface area contributed by atoms with Crippen LogP contribution in [0.1, 0.15) is 12.5 Å². The highest BCUT2D eigenvalue weighted by molar-refractivity contribution is 5.92. The number of rotatable bonds is 6. The lowest BCUT2D eigenvalue weighted by Crippen LogP contribution is -2.35. The van der Waals surface area contributed by atoms with E-state index in [-0.39, 0.29) is 19.1 Å². The fourth-order valence-electron chi connectivity index (χ4n) is 1.61.